The fourth-order valence-corrected chi connectivity index (χ4v) is 1.92. The summed E-state index contributed by atoms with van der Waals surface area (Å²) in [7, 11) is 0. The van der Waals surface area contributed by atoms with Gasteiger partial charge in [-0.1, -0.05) is 17.7 Å². The molecule has 0 aliphatic heterocycles. The first-order chi connectivity index (χ1) is 8.97. The molecule has 0 saturated heterocycles. The molecule has 2 nitrogen and oxygen atoms in total. The van der Waals surface area contributed by atoms with Crippen molar-refractivity contribution in [3.05, 3.63) is 58.6 Å². The Morgan fingerprint density at radius 2 is 1.89 bits per heavy atom. The van der Waals surface area contributed by atoms with Crippen LogP contribution in [0.2, 0.25) is 5.02 Å². The molecule has 2 aromatic carbocycles. The van der Waals surface area contributed by atoms with Gasteiger partial charge in [-0.3, -0.25) is 0 Å². The average Bonchev–Trinajstić information content (AvgIpc) is 2.33. The summed E-state index contributed by atoms with van der Waals surface area (Å²) < 4.78 is 31.6. The maximum atomic E-state index is 13.4. The largest absolute Gasteiger partial charge is 0.454 e. The molecule has 1 unspecified atom stereocenters. The number of hydrogen-bond donors (Lipinski definition) is 1. The number of halogens is 3. The third-order valence-electron chi connectivity index (χ3n) is 2.54. The Labute approximate surface area is 114 Å². The molecule has 1 N–H and O–H groups in total. The van der Waals surface area contributed by atoms with E-state index in [1.54, 1.807) is 13.0 Å². The van der Waals surface area contributed by atoms with Crippen LogP contribution in [0.4, 0.5) is 8.78 Å². The molecular formula is C14H11ClF2O2. The Kier molecular flexibility index (Phi) is 4.02. The molecule has 0 radical (unpaired) electrons. The van der Waals surface area contributed by atoms with E-state index in [2.05, 4.69) is 0 Å². The first kappa shape index (κ1) is 13.8. The van der Waals surface area contributed by atoms with E-state index in [9.17, 15) is 13.9 Å². The summed E-state index contributed by atoms with van der Waals surface area (Å²) in [5.41, 5.74) is 0.536. The quantitative estimate of drug-likeness (QED) is 0.901. The van der Waals surface area contributed by atoms with Gasteiger partial charge in [-0.05, 0) is 36.8 Å². The van der Waals surface area contributed by atoms with Crippen LogP contribution in [0.3, 0.4) is 0 Å². The van der Waals surface area contributed by atoms with Crippen molar-refractivity contribution in [1.82, 2.24) is 0 Å². The minimum absolute atomic E-state index is 0.221. The topological polar surface area (TPSA) is 29.5 Å². The fourth-order valence-electron chi connectivity index (χ4n) is 1.59. The Balaban J connectivity index is 2.29. The molecule has 0 aliphatic carbocycles. The van der Waals surface area contributed by atoms with Gasteiger partial charge in [0.2, 0.25) is 0 Å². The number of benzene rings is 2. The monoisotopic (exact) mass is 284 g/mol. The third-order valence-corrected chi connectivity index (χ3v) is 2.87. The molecular weight excluding hydrogens is 274 g/mol. The zero-order valence-corrected chi connectivity index (χ0v) is 10.8. The van der Waals surface area contributed by atoms with Crippen molar-refractivity contribution in [2.45, 2.75) is 13.0 Å². The van der Waals surface area contributed by atoms with Crippen LogP contribution in [-0.4, -0.2) is 5.11 Å². The van der Waals surface area contributed by atoms with E-state index in [-0.39, 0.29) is 11.5 Å². The van der Waals surface area contributed by atoms with Crippen LogP contribution in [0.25, 0.3) is 0 Å². The summed E-state index contributed by atoms with van der Waals surface area (Å²) in [6.07, 6.45) is -0.715. The minimum Gasteiger partial charge on any atom is -0.454 e. The smallest absolute Gasteiger partial charge is 0.165 e. The lowest BCUT2D eigenvalue weighted by Gasteiger charge is -2.11. The summed E-state index contributed by atoms with van der Waals surface area (Å²) in [5, 5.41) is 9.73. The molecule has 0 bridgehead atoms. The summed E-state index contributed by atoms with van der Waals surface area (Å²) in [6.45, 7) is 1.58. The summed E-state index contributed by atoms with van der Waals surface area (Å²) >= 11 is 5.95. The molecule has 0 saturated carbocycles. The van der Waals surface area contributed by atoms with Gasteiger partial charge in [-0.25, -0.2) is 8.78 Å². The molecule has 0 fully saturated rings. The van der Waals surface area contributed by atoms with Crippen LogP contribution in [0.15, 0.2) is 36.4 Å². The Bertz CT molecular complexity index is 600. The van der Waals surface area contributed by atoms with Crippen LogP contribution in [0.5, 0.6) is 11.5 Å². The summed E-state index contributed by atoms with van der Waals surface area (Å²) in [5.74, 6) is -1.22. The zero-order chi connectivity index (χ0) is 14.0. The zero-order valence-electron chi connectivity index (χ0n) is 10.0. The number of hydrogen-bond acceptors (Lipinski definition) is 2. The van der Waals surface area contributed by atoms with Gasteiger partial charge in [0.25, 0.3) is 0 Å². The van der Waals surface area contributed by atoms with E-state index in [4.69, 9.17) is 16.3 Å². The lowest BCUT2D eigenvalue weighted by molar-refractivity contribution is 0.199. The van der Waals surface area contributed by atoms with Gasteiger partial charge < -0.3 is 9.84 Å². The van der Waals surface area contributed by atoms with Crippen LogP contribution < -0.4 is 4.74 Å². The van der Waals surface area contributed by atoms with Crippen LogP contribution in [0, 0.1) is 11.6 Å². The molecule has 0 amide bonds. The number of ether oxygens (including phenoxy) is 1. The maximum absolute atomic E-state index is 13.4. The van der Waals surface area contributed by atoms with Crippen molar-refractivity contribution < 1.29 is 18.6 Å². The van der Waals surface area contributed by atoms with E-state index in [0.717, 1.165) is 18.2 Å². The lowest BCUT2D eigenvalue weighted by Crippen LogP contribution is -1.94. The van der Waals surface area contributed by atoms with E-state index in [0.29, 0.717) is 10.6 Å². The first-order valence-electron chi connectivity index (χ1n) is 5.58. The SMILES string of the molecule is CC(O)c1ccc(Oc2cc(F)ccc2F)cc1Cl. The molecule has 1 atom stereocenters. The molecule has 0 aromatic heterocycles. The second kappa shape index (κ2) is 5.55. The molecule has 0 aliphatic rings. The van der Waals surface area contributed by atoms with Gasteiger partial charge >= 0.3 is 0 Å². The molecule has 5 heteroatoms. The van der Waals surface area contributed by atoms with E-state index in [1.807, 2.05) is 0 Å². The Morgan fingerprint density at radius 1 is 1.16 bits per heavy atom. The third kappa shape index (κ3) is 3.22. The van der Waals surface area contributed by atoms with Gasteiger partial charge in [0, 0.05) is 6.07 Å². The normalized spacial score (nSPS) is 12.3. The molecule has 2 aromatic rings. The van der Waals surface area contributed by atoms with Crippen molar-refractivity contribution >= 4 is 11.6 Å². The van der Waals surface area contributed by atoms with Crippen molar-refractivity contribution in [2.24, 2.45) is 0 Å². The number of aliphatic hydroxyl groups is 1. The highest BCUT2D eigenvalue weighted by Crippen LogP contribution is 2.31. The predicted molar refractivity (Wildman–Crippen MR) is 68.5 cm³/mol. The van der Waals surface area contributed by atoms with Crippen molar-refractivity contribution in [3.8, 4) is 11.5 Å². The van der Waals surface area contributed by atoms with E-state index < -0.39 is 17.7 Å². The van der Waals surface area contributed by atoms with Crippen molar-refractivity contribution in [1.29, 1.82) is 0 Å². The standard InChI is InChI=1S/C14H11ClF2O2/c1-8(18)11-4-3-10(7-12(11)15)19-14-6-9(16)2-5-13(14)17/h2-8,18H,1H3. The minimum atomic E-state index is -0.715. The average molecular weight is 285 g/mol. The maximum Gasteiger partial charge on any atom is 0.165 e. The molecule has 2 rings (SSSR count). The van der Waals surface area contributed by atoms with Gasteiger partial charge in [0.15, 0.2) is 11.6 Å². The predicted octanol–water partition coefficient (Wildman–Crippen LogP) is 4.46. The van der Waals surface area contributed by atoms with Gasteiger partial charge in [-0.15, -0.1) is 0 Å². The highest BCUT2D eigenvalue weighted by molar-refractivity contribution is 6.31. The Morgan fingerprint density at radius 3 is 2.53 bits per heavy atom. The number of rotatable bonds is 3. The second-order valence-corrected chi connectivity index (χ2v) is 4.44. The Hall–Kier alpha value is -1.65. The van der Waals surface area contributed by atoms with E-state index in [1.165, 1.54) is 12.1 Å². The van der Waals surface area contributed by atoms with Crippen LogP contribution in [-0.2, 0) is 0 Å². The van der Waals surface area contributed by atoms with Crippen molar-refractivity contribution in [3.63, 3.8) is 0 Å². The van der Waals surface area contributed by atoms with Gasteiger partial charge in [0.05, 0.1) is 11.1 Å². The van der Waals surface area contributed by atoms with Crippen LogP contribution >= 0.6 is 11.6 Å². The molecule has 0 heterocycles. The lowest BCUT2D eigenvalue weighted by atomic mass is 10.1. The number of aliphatic hydroxyl groups excluding tert-OH is 1. The van der Waals surface area contributed by atoms with Crippen molar-refractivity contribution in [2.75, 3.05) is 0 Å². The summed E-state index contributed by atoms with van der Waals surface area (Å²) in [4.78, 5) is 0. The fraction of sp³-hybridized carbons (Fsp3) is 0.143. The molecule has 19 heavy (non-hydrogen) atoms. The van der Waals surface area contributed by atoms with Gasteiger partial charge in [0.1, 0.15) is 11.6 Å². The van der Waals surface area contributed by atoms with Crippen LogP contribution in [0.1, 0.15) is 18.6 Å². The first-order valence-corrected chi connectivity index (χ1v) is 5.95. The highest BCUT2D eigenvalue weighted by atomic mass is 35.5. The molecule has 100 valence electrons. The van der Waals surface area contributed by atoms with Gasteiger partial charge in [-0.2, -0.15) is 0 Å². The summed E-state index contributed by atoms with van der Waals surface area (Å²) in [6, 6.07) is 7.47. The van der Waals surface area contributed by atoms with E-state index >= 15 is 0 Å². The highest BCUT2D eigenvalue weighted by Gasteiger charge is 2.10. The second-order valence-electron chi connectivity index (χ2n) is 4.04. The molecule has 0 spiro atoms.